The van der Waals surface area contributed by atoms with Crippen LogP contribution in [0.5, 0.6) is 0 Å². The summed E-state index contributed by atoms with van der Waals surface area (Å²) in [7, 11) is -0.731. The van der Waals surface area contributed by atoms with Gasteiger partial charge in [-0.1, -0.05) is 23.7 Å². The largest absolute Gasteiger partial charge is 0.372 e. The average molecular weight is 505 g/mol. The number of methoxy groups -OCH3 is 1. The second-order valence-electron chi connectivity index (χ2n) is 8.12. The van der Waals surface area contributed by atoms with Crippen LogP contribution < -0.4 is 4.72 Å². The monoisotopic (exact) mass is 504 g/mol. The number of rotatable bonds is 8. The van der Waals surface area contributed by atoms with Crippen LogP contribution in [0.15, 0.2) is 36.8 Å². The van der Waals surface area contributed by atoms with Crippen molar-refractivity contribution in [3.05, 3.63) is 47.6 Å². The van der Waals surface area contributed by atoms with Gasteiger partial charge in [0, 0.05) is 49.7 Å². The number of halogens is 1. The maximum Gasteiger partial charge on any atom is 0.240 e. The van der Waals surface area contributed by atoms with E-state index < -0.39 is 21.4 Å². The molecule has 0 aliphatic carbocycles. The first-order valence-corrected chi connectivity index (χ1v) is 12.4. The van der Waals surface area contributed by atoms with E-state index in [4.69, 9.17) is 16.3 Å². The number of nitrogens with zero attached hydrogens (tertiary/aromatic N) is 7. The average Bonchev–Trinajstić information content (AvgIpc) is 3.37. The van der Waals surface area contributed by atoms with Crippen molar-refractivity contribution in [1.29, 1.82) is 0 Å². The van der Waals surface area contributed by atoms with Crippen LogP contribution in [0.2, 0.25) is 5.02 Å². The quantitative estimate of drug-likeness (QED) is 0.386. The Balaban J connectivity index is 1.71. The highest BCUT2D eigenvalue weighted by molar-refractivity contribution is 7.93. The van der Waals surface area contributed by atoms with Crippen LogP contribution in [-0.4, -0.2) is 55.3 Å². The van der Waals surface area contributed by atoms with Gasteiger partial charge in [-0.05, 0) is 26.8 Å². The Morgan fingerprint density at radius 3 is 2.47 bits per heavy atom. The highest BCUT2D eigenvalue weighted by Gasteiger charge is 2.34. The fourth-order valence-corrected chi connectivity index (χ4v) is 4.98. The Bertz CT molecular complexity index is 1420. The van der Waals surface area contributed by atoms with Crippen LogP contribution in [0.25, 0.3) is 22.3 Å². The number of aromatic nitrogens is 7. The van der Waals surface area contributed by atoms with Gasteiger partial charge in [-0.2, -0.15) is 5.10 Å². The molecule has 0 spiro atoms. The SMILES string of the molecule is COC(c1ncc(Cl)cn1)C(C)S(=O)(=O)Nc1nnc(-c2cccc3nn(C)cc23)n1C(C)C. The molecule has 0 saturated carbocycles. The molecule has 0 amide bonds. The zero-order chi connectivity index (χ0) is 24.6. The number of hydrogen-bond donors (Lipinski definition) is 1. The summed E-state index contributed by atoms with van der Waals surface area (Å²) in [6, 6.07) is 5.56. The summed E-state index contributed by atoms with van der Waals surface area (Å²) >= 11 is 5.85. The molecule has 1 aromatic carbocycles. The lowest BCUT2D eigenvalue weighted by Gasteiger charge is -2.22. The van der Waals surface area contributed by atoms with Gasteiger partial charge in [-0.25, -0.2) is 18.4 Å². The lowest BCUT2D eigenvalue weighted by atomic mass is 10.1. The minimum absolute atomic E-state index is 0.102. The van der Waals surface area contributed by atoms with Gasteiger partial charge >= 0.3 is 0 Å². The van der Waals surface area contributed by atoms with E-state index in [1.165, 1.54) is 26.4 Å². The normalized spacial score (nSPS) is 14.0. The number of nitrogens with one attached hydrogen (secondary N) is 1. The molecule has 4 aromatic rings. The van der Waals surface area contributed by atoms with Gasteiger partial charge < -0.3 is 4.74 Å². The number of anilines is 1. The molecule has 3 heterocycles. The van der Waals surface area contributed by atoms with Crippen LogP contribution in [0, 0.1) is 0 Å². The topological polar surface area (TPSA) is 130 Å². The highest BCUT2D eigenvalue weighted by Crippen LogP contribution is 2.32. The first kappa shape index (κ1) is 24.0. The maximum atomic E-state index is 13.3. The van der Waals surface area contributed by atoms with Gasteiger partial charge in [0.05, 0.1) is 10.5 Å². The van der Waals surface area contributed by atoms with Gasteiger partial charge in [0.1, 0.15) is 11.4 Å². The summed E-state index contributed by atoms with van der Waals surface area (Å²) in [5, 5.41) is 13.1. The maximum absolute atomic E-state index is 13.3. The zero-order valence-electron chi connectivity index (χ0n) is 19.3. The molecule has 0 aliphatic heterocycles. The summed E-state index contributed by atoms with van der Waals surface area (Å²) in [5.41, 5.74) is 1.61. The number of fused-ring (bicyclic) bond motifs is 1. The number of aryl methyl sites for hydroxylation is 1. The number of benzene rings is 1. The molecule has 34 heavy (non-hydrogen) atoms. The molecular weight excluding hydrogens is 480 g/mol. The summed E-state index contributed by atoms with van der Waals surface area (Å²) < 4.78 is 38.1. The molecule has 11 nitrogen and oxygen atoms in total. The molecule has 13 heteroatoms. The summed E-state index contributed by atoms with van der Waals surface area (Å²) in [6.45, 7) is 5.37. The molecular formula is C21H25ClN8O3S. The van der Waals surface area contributed by atoms with Crippen LogP contribution in [0.1, 0.15) is 38.7 Å². The van der Waals surface area contributed by atoms with Crippen molar-refractivity contribution in [1.82, 2.24) is 34.5 Å². The molecule has 0 fully saturated rings. The summed E-state index contributed by atoms with van der Waals surface area (Å²) in [4.78, 5) is 8.22. The Hall–Kier alpha value is -3.09. The lowest BCUT2D eigenvalue weighted by Crippen LogP contribution is -2.33. The highest BCUT2D eigenvalue weighted by atomic mass is 35.5. The number of ether oxygens (including phenoxy) is 1. The van der Waals surface area contributed by atoms with Gasteiger partial charge in [0.2, 0.25) is 16.0 Å². The predicted molar refractivity (Wildman–Crippen MR) is 129 cm³/mol. The summed E-state index contributed by atoms with van der Waals surface area (Å²) in [5.74, 6) is 0.840. The van der Waals surface area contributed by atoms with Crippen LogP contribution in [0.4, 0.5) is 5.95 Å². The standard InChI is InChI=1S/C21H25ClN8O3S/c1-12(2)30-20(15-7-6-8-17-16(15)11-29(4)27-17)25-26-21(30)28-34(31,32)13(3)18(33-5)19-23-9-14(22)10-24-19/h6-13,18H,1-5H3,(H,26,28). The fourth-order valence-electron chi connectivity index (χ4n) is 3.75. The van der Waals surface area contributed by atoms with Crippen molar-refractivity contribution in [2.75, 3.05) is 11.8 Å². The van der Waals surface area contributed by atoms with Crippen molar-refractivity contribution in [2.45, 2.75) is 38.2 Å². The number of sulfonamides is 1. The molecule has 0 aliphatic rings. The van der Waals surface area contributed by atoms with E-state index >= 15 is 0 Å². The third-order valence-electron chi connectivity index (χ3n) is 5.42. The van der Waals surface area contributed by atoms with E-state index in [-0.39, 0.29) is 17.8 Å². The Morgan fingerprint density at radius 1 is 1.12 bits per heavy atom. The van der Waals surface area contributed by atoms with Crippen molar-refractivity contribution < 1.29 is 13.2 Å². The second kappa shape index (κ2) is 9.28. The molecule has 2 unspecified atom stereocenters. The van der Waals surface area contributed by atoms with Crippen LogP contribution in [-0.2, 0) is 21.8 Å². The first-order valence-electron chi connectivity index (χ1n) is 10.5. The second-order valence-corrected chi connectivity index (χ2v) is 10.6. The molecule has 4 rings (SSSR count). The van der Waals surface area contributed by atoms with E-state index in [0.717, 1.165) is 16.5 Å². The number of hydrogen-bond acceptors (Lipinski definition) is 8. The fraction of sp³-hybridized carbons (Fsp3) is 0.381. The predicted octanol–water partition coefficient (Wildman–Crippen LogP) is 3.37. The van der Waals surface area contributed by atoms with Crippen LogP contribution in [0.3, 0.4) is 0 Å². The zero-order valence-corrected chi connectivity index (χ0v) is 20.9. The molecule has 0 bridgehead atoms. The molecule has 0 saturated heterocycles. The van der Waals surface area contributed by atoms with Crippen molar-refractivity contribution in [2.24, 2.45) is 7.05 Å². The van der Waals surface area contributed by atoms with E-state index in [2.05, 4.69) is 30.0 Å². The van der Waals surface area contributed by atoms with Crippen molar-refractivity contribution in [3.8, 4) is 11.4 Å². The van der Waals surface area contributed by atoms with Gasteiger partial charge in [0.15, 0.2) is 11.6 Å². The van der Waals surface area contributed by atoms with Crippen molar-refractivity contribution in [3.63, 3.8) is 0 Å². The van der Waals surface area contributed by atoms with Gasteiger partial charge in [-0.15, -0.1) is 10.2 Å². The molecule has 1 N–H and O–H groups in total. The van der Waals surface area contributed by atoms with E-state index in [1.807, 2.05) is 45.3 Å². The molecule has 3 aromatic heterocycles. The molecule has 0 radical (unpaired) electrons. The Kier molecular flexibility index (Phi) is 6.56. The third kappa shape index (κ3) is 4.48. The lowest BCUT2D eigenvalue weighted by molar-refractivity contribution is 0.0950. The third-order valence-corrected chi connectivity index (χ3v) is 7.30. The van der Waals surface area contributed by atoms with E-state index in [0.29, 0.717) is 10.8 Å². The van der Waals surface area contributed by atoms with Crippen molar-refractivity contribution >= 4 is 38.5 Å². The van der Waals surface area contributed by atoms with Gasteiger partial charge in [0.25, 0.3) is 0 Å². The Morgan fingerprint density at radius 2 is 1.82 bits per heavy atom. The smallest absolute Gasteiger partial charge is 0.240 e. The minimum Gasteiger partial charge on any atom is -0.372 e. The van der Waals surface area contributed by atoms with E-state index in [1.54, 1.807) is 9.25 Å². The summed E-state index contributed by atoms with van der Waals surface area (Å²) in [6.07, 6.45) is 3.76. The minimum atomic E-state index is -3.97. The molecule has 2 atom stereocenters. The van der Waals surface area contributed by atoms with E-state index in [9.17, 15) is 8.42 Å². The molecule has 180 valence electrons. The Labute approximate surface area is 202 Å². The first-order chi connectivity index (χ1) is 16.1. The van der Waals surface area contributed by atoms with Crippen LogP contribution >= 0.6 is 11.6 Å². The van der Waals surface area contributed by atoms with Gasteiger partial charge in [-0.3, -0.25) is 14.0 Å².